The lowest BCUT2D eigenvalue weighted by molar-refractivity contribution is -0.132. The quantitative estimate of drug-likeness (QED) is 0.770. The largest absolute Gasteiger partial charge is 0.389 e. The fraction of sp³-hybridized carbons (Fsp3) is 0.421. The highest BCUT2D eigenvalue weighted by molar-refractivity contribution is 5.93. The van der Waals surface area contributed by atoms with Crippen LogP contribution in [0.15, 0.2) is 30.3 Å². The molecule has 0 bridgehead atoms. The lowest BCUT2D eigenvalue weighted by atomic mass is 10.0. The summed E-state index contributed by atoms with van der Waals surface area (Å²) >= 11 is 0. The molecule has 7 nitrogen and oxygen atoms in total. The van der Waals surface area contributed by atoms with Gasteiger partial charge in [0.25, 0.3) is 5.91 Å². The van der Waals surface area contributed by atoms with Crippen LogP contribution in [0.1, 0.15) is 36.3 Å². The first kappa shape index (κ1) is 18.1. The minimum absolute atomic E-state index is 0.0684. The second kappa shape index (κ2) is 7.70. The molecule has 1 fully saturated rings. The van der Waals surface area contributed by atoms with Crippen LogP contribution in [0.3, 0.4) is 0 Å². The molecule has 2 amide bonds. The molecule has 1 aliphatic rings. The number of piperidine rings is 1. The van der Waals surface area contributed by atoms with Gasteiger partial charge in [-0.15, -0.1) is 0 Å². The Bertz CT molecular complexity index is 784. The molecular weight excluding hydrogens is 332 g/mol. The van der Waals surface area contributed by atoms with Gasteiger partial charge in [0.2, 0.25) is 5.91 Å². The van der Waals surface area contributed by atoms with E-state index < -0.39 is 6.10 Å². The van der Waals surface area contributed by atoms with Crippen LogP contribution in [0, 0.1) is 0 Å². The number of aliphatic hydroxyl groups excluding tert-OH is 1. The van der Waals surface area contributed by atoms with Crippen molar-refractivity contribution in [3.63, 3.8) is 0 Å². The van der Waals surface area contributed by atoms with Gasteiger partial charge in [-0.2, -0.15) is 5.10 Å². The first-order chi connectivity index (χ1) is 12.5. The van der Waals surface area contributed by atoms with Crippen molar-refractivity contribution in [2.45, 2.75) is 38.8 Å². The van der Waals surface area contributed by atoms with Crippen molar-refractivity contribution >= 4 is 11.8 Å². The van der Waals surface area contributed by atoms with Crippen molar-refractivity contribution in [2.24, 2.45) is 0 Å². The molecule has 1 saturated heterocycles. The third kappa shape index (κ3) is 3.94. The van der Waals surface area contributed by atoms with E-state index in [0.717, 1.165) is 12.0 Å². The number of likely N-dealkylation sites (tertiary alicyclic amines) is 1. The minimum Gasteiger partial charge on any atom is -0.389 e. The van der Waals surface area contributed by atoms with E-state index in [1.165, 1.54) is 12.5 Å². The summed E-state index contributed by atoms with van der Waals surface area (Å²) in [6, 6.07) is 9.38. The molecule has 0 aliphatic carbocycles. The van der Waals surface area contributed by atoms with Gasteiger partial charge in [0.15, 0.2) is 0 Å². The smallest absolute Gasteiger partial charge is 0.269 e. The van der Waals surface area contributed by atoms with Crippen LogP contribution in [0.25, 0.3) is 11.3 Å². The molecule has 1 aromatic heterocycles. The van der Waals surface area contributed by atoms with Crippen molar-refractivity contribution in [3.05, 3.63) is 41.6 Å². The maximum Gasteiger partial charge on any atom is 0.269 e. The molecule has 2 atom stereocenters. The fourth-order valence-electron chi connectivity index (χ4n) is 3.13. The second-order valence-corrected chi connectivity index (χ2v) is 6.62. The van der Waals surface area contributed by atoms with Gasteiger partial charge >= 0.3 is 0 Å². The van der Waals surface area contributed by atoms with Crippen molar-refractivity contribution in [2.75, 3.05) is 13.1 Å². The van der Waals surface area contributed by atoms with E-state index in [4.69, 9.17) is 0 Å². The zero-order valence-electron chi connectivity index (χ0n) is 15.0. The summed E-state index contributed by atoms with van der Waals surface area (Å²) in [4.78, 5) is 25.4. The van der Waals surface area contributed by atoms with Crippen LogP contribution in [0.2, 0.25) is 0 Å². The third-order valence-corrected chi connectivity index (χ3v) is 4.82. The number of amides is 2. The Balaban J connectivity index is 1.64. The van der Waals surface area contributed by atoms with E-state index in [9.17, 15) is 14.7 Å². The summed E-state index contributed by atoms with van der Waals surface area (Å²) in [5, 5.41) is 20.0. The lowest BCUT2D eigenvalue weighted by Crippen LogP contribution is -2.55. The van der Waals surface area contributed by atoms with Crippen LogP contribution >= 0.6 is 0 Å². The number of aryl methyl sites for hydroxylation is 1. The molecule has 0 radical (unpaired) electrons. The molecule has 0 saturated carbocycles. The number of H-pyrrole nitrogens is 1. The average Bonchev–Trinajstić information content (AvgIpc) is 3.13. The Morgan fingerprint density at radius 3 is 2.69 bits per heavy atom. The SMILES string of the molecule is CCc1ccc(-c2cc(C(=O)N[C@@H]3CCN(C(C)=O)C[C@H]3O)[nH]n2)cc1. The molecule has 138 valence electrons. The van der Waals surface area contributed by atoms with Gasteiger partial charge in [-0.25, -0.2) is 0 Å². The summed E-state index contributed by atoms with van der Waals surface area (Å²) in [6.45, 7) is 4.33. The normalized spacial score (nSPS) is 20.0. The Morgan fingerprint density at radius 2 is 2.08 bits per heavy atom. The molecule has 0 spiro atoms. The summed E-state index contributed by atoms with van der Waals surface area (Å²) in [5.74, 6) is -0.379. The van der Waals surface area contributed by atoms with Gasteiger partial charge in [-0.05, 0) is 24.5 Å². The van der Waals surface area contributed by atoms with Crippen LogP contribution in [0.5, 0.6) is 0 Å². The third-order valence-electron chi connectivity index (χ3n) is 4.82. The standard InChI is InChI=1S/C19H24N4O3/c1-3-13-4-6-14(7-5-13)16-10-17(22-21-16)19(26)20-15-8-9-23(12(2)24)11-18(15)25/h4-7,10,15,18,25H,3,8-9,11H2,1-2H3,(H,20,26)(H,21,22)/t15-,18-/m1/s1. The monoisotopic (exact) mass is 356 g/mol. The number of hydrogen-bond donors (Lipinski definition) is 3. The van der Waals surface area contributed by atoms with Crippen LogP contribution < -0.4 is 5.32 Å². The molecule has 1 aliphatic heterocycles. The van der Waals surface area contributed by atoms with Gasteiger partial charge < -0.3 is 15.3 Å². The molecule has 26 heavy (non-hydrogen) atoms. The van der Waals surface area contributed by atoms with Gasteiger partial charge in [-0.1, -0.05) is 31.2 Å². The number of carbonyl (C=O) groups is 2. The summed E-state index contributed by atoms with van der Waals surface area (Å²) in [5.41, 5.74) is 3.23. The molecule has 3 rings (SSSR count). The summed E-state index contributed by atoms with van der Waals surface area (Å²) in [6.07, 6.45) is 0.714. The number of nitrogens with one attached hydrogen (secondary N) is 2. The summed E-state index contributed by atoms with van der Waals surface area (Å²) < 4.78 is 0. The summed E-state index contributed by atoms with van der Waals surface area (Å²) in [7, 11) is 0. The Kier molecular flexibility index (Phi) is 5.37. The van der Waals surface area contributed by atoms with Gasteiger partial charge in [0, 0.05) is 25.6 Å². The maximum absolute atomic E-state index is 12.4. The van der Waals surface area contributed by atoms with Crippen molar-refractivity contribution in [1.29, 1.82) is 0 Å². The molecule has 7 heteroatoms. The number of aliphatic hydroxyl groups is 1. The molecule has 2 heterocycles. The first-order valence-corrected chi connectivity index (χ1v) is 8.87. The topological polar surface area (TPSA) is 98.3 Å². The van der Waals surface area contributed by atoms with Crippen LogP contribution in [0.4, 0.5) is 0 Å². The Hall–Kier alpha value is -2.67. The molecule has 0 unspecified atom stereocenters. The predicted molar refractivity (Wildman–Crippen MR) is 97.5 cm³/mol. The second-order valence-electron chi connectivity index (χ2n) is 6.62. The van der Waals surface area contributed by atoms with Gasteiger partial charge in [-0.3, -0.25) is 14.7 Å². The van der Waals surface area contributed by atoms with Gasteiger partial charge in [0.1, 0.15) is 5.69 Å². The van der Waals surface area contributed by atoms with Crippen molar-refractivity contribution < 1.29 is 14.7 Å². The van der Waals surface area contributed by atoms with E-state index in [-0.39, 0.29) is 24.4 Å². The molecular formula is C19H24N4O3. The van der Waals surface area contributed by atoms with Crippen LogP contribution in [-0.2, 0) is 11.2 Å². The number of benzene rings is 1. The minimum atomic E-state index is -0.777. The number of hydrogen-bond acceptors (Lipinski definition) is 4. The van der Waals surface area contributed by atoms with Crippen molar-refractivity contribution in [1.82, 2.24) is 20.4 Å². The highest BCUT2D eigenvalue weighted by atomic mass is 16.3. The fourth-order valence-corrected chi connectivity index (χ4v) is 3.13. The zero-order chi connectivity index (χ0) is 18.7. The van der Waals surface area contributed by atoms with Gasteiger partial charge in [0.05, 0.1) is 17.8 Å². The number of β-amino-alcohol motifs (C(OH)–C–C–N with tert-alkyl or cyclic N) is 1. The highest BCUT2D eigenvalue weighted by Crippen LogP contribution is 2.19. The van der Waals surface area contributed by atoms with Crippen molar-refractivity contribution in [3.8, 4) is 11.3 Å². The maximum atomic E-state index is 12.4. The molecule has 3 N–H and O–H groups in total. The molecule has 1 aromatic carbocycles. The van der Waals surface area contributed by atoms with E-state index in [1.54, 1.807) is 11.0 Å². The predicted octanol–water partition coefficient (Wildman–Crippen LogP) is 1.35. The zero-order valence-corrected chi connectivity index (χ0v) is 15.0. The Morgan fingerprint density at radius 1 is 1.35 bits per heavy atom. The van der Waals surface area contributed by atoms with E-state index in [0.29, 0.717) is 24.4 Å². The number of aromatic nitrogens is 2. The first-order valence-electron chi connectivity index (χ1n) is 8.87. The highest BCUT2D eigenvalue weighted by Gasteiger charge is 2.30. The molecule has 2 aromatic rings. The van der Waals surface area contributed by atoms with E-state index in [1.807, 2.05) is 24.3 Å². The van der Waals surface area contributed by atoms with E-state index in [2.05, 4.69) is 22.4 Å². The van der Waals surface area contributed by atoms with E-state index >= 15 is 0 Å². The number of aromatic amines is 1. The number of nitrogens with zero attached hydrogens (tertiary/aromatic N) is 2. The number of carbonyl (C=O) groups excluding carboxylic acids is 2. The Labute approximate surface area is 152 Å². The lowest BCUT2D eigenvalue weighted by Gasteiger charge is -2.35. The number of rotatable bonds is 4. The van der Waals surface area contributed by atoms with Crippen LogP contribution in [-0.4, -0.2) is 57.3 Å². The average molecular weight is 356 g/mol.